The van der Waals surface area contributed by atoms with Gasteiger partial charge in [0.15, 0.2) is 9.84 Å². The van der Waals surface area contributed by atoms with Crippen molar-refractivity contribution < 1.29 is 8.42 Å². The molecule has 0 N–H and O–H groups in total. The summed E-state index contributed by atoms with van der Waals surface area (Å²) < 4.78 is 24.9. The number of sulfone groups is 1. The van der Waals surface area contributed by atoms with Crippen molar-refractivity contribution in [1.82, 2.24) is 4.90 Å². The molecule has 3 rings (SSSR count). The summed E-state index contributed by atoms with van der Waals surface area (Å²) in [6.07, 6.45) is 1.95. The average molecular weight is 380 g/mol. The van der Waals surface area contributed by atoms with Gasteiger partial charge in [-0.3, -0.25) is 4.90 Å². The summed E-state index contributed by atoms with van der Waals surface area (Å²) in [5, 5.41) is 0. The number of likely N-dealkylation sites (tertiary alicyclic amines) is 1. The lowest BCUT2D eigenvalue weighted by Gasteiger charge is -2.31. The molecular weight excluding hydrogens is 354 g/mol. The first-order chi connectivity index (χ1) is 11.6. The molecular formula is C20H26ClNO2S. The Hall–Kier alpha value is -1.36. The maximum Gasteiger partial charge on any atom is 0.154 e. The minimum Gasteiger partial charge on any atom is -0.299 e. The summed E-state index contributed by atoms with van der Waals surface area (Å²) >= 11 is 0. The Balaban J connectivity index is 0.00000225. The van der Waals surface area contributed by atoms with E-state index >= 15 is 0 Å². The monoisotopic (exact) mass is 379 g/mol. The Morgan fingerprint density at radius 2 is 1.36 bits per heavy atom. The highest BCUT2D eigenvalue weighted by molar-refractivity contribution is 7.90. The van der Waals surface area contributed by atoms with E-state index in [1.54, 1.807) is 0 Å². The van der Waals surface area contributed by atoms with E-state index in [-0.39, 0.29) is 18.2 Å². The van der Waals surface area contributed by atoms with E-state index in [1.165, 1.54) is 5.56 Å². The van der Waals surface area contributed by atoms with Crippen molar-refractivity contribution in [2.45, 2.75) is 25.1 Å². The minimum atomic E-state index is -3.03. The predicted octanol–water partition coefficient (Wildman–Crippen LogP) is 3.94. The zero-order chi connectivity index (χ0) is 16.8. The zero-order valence-electron chi connectivity index (χ0n) is 14.4. The van der Waals surface area contributed by atoms with Crippen molar-refractivity contribution >= 4 is 22.2 Å². The van der Waals surface area contributed by atoms with Gasteiger partial charge >= 0.3 is 0 Å². The van der Waals surface area contributed by atoms with Gasteiger partial charge in [0.1, 0.15) is 0 Å². The molecule has 0 saturated carbocycles. The molecule has 0 atom stereocenters. The number of hydrogen-bond donors (Lipinski definition) is 0. The number of nitrogens with zero attached hydrogens (tertiary/aromatic N) is 1. The number of rotatable bonds is 6. The molecule has 1 aliphatic rings. The van der Waals surface area contributed by atoms with Crippen molar-refractivity contribution in [1.29, 1.82) is 0 Å². The van der Waals surface area contributed by atoms with Crippen LogP contribution in [0.25, 0.3) is 0 Å². The van der Waals surface area contributed by atoms with Gasteiger partial charge in [-0.25, -0.2) is 8.42 Å². The van der Waals surface area contributed by atoms with E-state index in [1.807, 2.05) is 36.4 Å². The molecule has 0 radical (unpaired) electrons. The number of benzene rings is 2. The molecule has 1 heterocycles. The third-order valence-electron chi connectivity index (χ3n) is 4.68. The average Bonchev–Trinajstić information content (AvgIpc) is 2.58. The quantitative estimate of drug-likeness (QED) is 0.763. The maximum absolute atomic E-state index is 12.4. The zero-order valence-corrected chi connectivity index (χ0v) is 16.0. The Morgan fingerprint density at radius 1 is 0.840 bits per heavy atom. The van der Waals surface area contributed by atoms with Crippen LogP contribution in [0.15, 0.2) is 60.7 Å². The van der Waals surface area contributed by atoms with E-state index < -0.39 is 9.84 Å². The Bertz CT molecular complexity index is 727. The van der Waals surface area contributed by atoms with E-state index in [0.717, 1.165) is 38.0 Å². The van der Waals surface area contributed by atoms with E-state index in [0.29, 0.717) is 11.7 Å². The van der Waals surface area contributed by atoms with E-state index in [2.05, 4.69) is 29.2 Å². The highest BCUT2D eigenvalue weighted by atomic mass is 35.5. The fraction of sp³-hybridized carbons (Fsp3) is 0.400. The molecule has 1 aliphatic heterocycles. The van der Waals surface area contributed by atoms with Crippen LogP contribution in [0.1, 0.15) is 24.0 Å². The molecule has 5 heteroatoms. The summed E-state index contributed by atoms with van der Waals surface area (Å²) in [6, 6.07) is 20.0. The van der Waals surface area contributed by atoms with Gasteiger partial charge in [0.2, 0.25) is 0 Å². The molecule has 2 aromatic rings. The lowest BCUT2D eigenvalue weighted by atomic mass is 9.98. The first-order valence-electron chi connectivity index (χ1n) is 8.61. The smallest absolute Gasteiger partial charge is 0.154 e. The fourth-order valence-electron chi connectivity index (χ4n) is 3.40. The summed E-state index contributed by atoms with van der Waals surface area (Å²) in [4.78, 5) is 2.43. The molecule has 0 unspecified atom stereocenters. The molecule has 0 amide bonds. The van der Waals surface area contributed by atoms with Crippen molar-refractivity contribution in [2.24, 2.45) is 5.92 Å². The van der Waals surface area contributed by atoms with Crippen LogP contribution in [-0.4, -0.2) is 32.2 Å². The van der Waals surface area contributed by atoms with Crippen LogP contribution >= 0.6 is 12.4 Å². The maximum atomic E-state index is 12.4. The van der Waals surface area contributed by atoms with Gasteiger partial charge in [0.25, 0.3) is 0 Å². The van der Waals surface area contributed by atoms with Crippen LogP contribution in [0.2, 0.25) is 0 Å². The minimum absolute atomic E-state index is 0. The summed E-state index contributed by atoms with van der Waals surface area (Å²) in [6.45, 7) is 2.94. The number of piperidine rings is 1. The first-order valence-corrected chi connectivity index (χ1v) is 10.4. The van der Waals surface area contributed by atoms with Crippen LogP contribution in [0, 0.1) is 5.92 Å². The normalized spacial score (nSPS) is 16.3. The molecule has 1 saturated heterocycles. The van der Waals surface area contributed by atoms with Gasteiger partial charge in [-0.1, -0.05) is 60.7 Å². The number of halogens is 1. The van der Waals surface area contributed by atoms with Gasteiger partial charge in [0, 0.05) is 6.54 Å². The summed E-state index contributed by atoms with van der Waals surface area (Å²) in [5.41, 5.74) is 2.21. The molecule has 3 nitrogen and oxygen atoms in total. The van der Waals surface area contributed by atoms with Crippen molar-refractivity contribution in [2.75, 3.05) is 18.8 Å². The van der Waals surface area contributed by atoms with Crippen molar-refractivity contribution in [3.05, 3.63) is 71.8 Å². The lowest BCUT2D eigenvalue weighted by Crippen LogP contribution is -2.35. The third kappa shape index (κ3) is 6.46. The SMILES string of the molecule is Cl.O=S(=O)(Cc1ccccc1)CC1CCN(Cc2ccccc2)CC1. The Labute approximate surface area is 157 Å². The third-order valence-corrected chi connectivity index (χ3v) is 6.43. The van der Waals surface area contributed by atoms with Crippen LogP contribution in [0.4, 0.5) is 0 Å². The molecule has 1 fully saturated rings. The van der Waals surface area contributed by atoms with E-state index in [9.17, 15) is 8.42 Å². The lowest BCUT2D eigenvalue weighted by molar-refractivity contribution is 0.186. The van der Waals surface area contributed by atoms with Gasteiger partial charge in [-0.2, -0.15) is 0 Å². The highest BCUT2D eigenvalue weighted by Gasteiger charge is 2.24. The van der Waals surface area contributed by atoms with Crippen LogP contribution in [0.5, 0.6) is 0 Å². The molecule has 2 aromatic carbocycles. The van der Waals surface area contributed by atoms with Gasteiger partial charge in [-0.05, 0) is 43.0 Å². The second kappa shape index (κ2) is 9.37. The topological polar surface area (TPSA) is 37.4 Å². The Kier molecular flexibility index (Phi) is 7.48. The molecule has 0 spiro atoms. The van der Waals surface area contributed by atoms with Gasteiger partial charge in [-0.15, -0.1) is 12.4 Å². The fourth-order valence-corrected chi connectivity index (χ4v) is 5.27. The Morgan fingerprint density at radius 3 is 1.92 bits per heavy atom. The molecule has 136 valence electrons. The van der Waals surface area contributed by atoms with E-state index in [4.69, 9.17) is 0 Å². The largest absolute Gasteiger partial charge is 0.299 e. The van der Waals surface area contributed by atoms with Crippen LogP contribution in [0.3, 0.4) is 0 Å². The van der Waals surface area contributed by atoms with Crippen LogP contribution in [-0.2, 0) is 22.1 Å². The molecule has 0 bridgehead atoms. The molecule has 25 heavy (non-hydrogen) atoms. The second-order valence-corrected chi connectivity index (χ2v) is 8.85. The molecule has 0 aliphatic carbocycles. The van der Waals surface area contributed by atoms with Gasteiger partial charge in [0.05, 0.1) is 11.5 Å². The predicted molar refractivity (Wildman–Crippen MR) is 106 cm³/mol. The van der Waals surface area contributed by atoms with Gasteiger partial charge < -0.3 is 0 Å². The van der Waals surface area contributed by atoms with Crippen molar-refractivity contribution in [3.63, 3.8) is 0 Å². The second-order valence-electron chi connectivity index (χ2n) is 6.75. The standard InChI is InChI=1S/C20H25NO2S.ClH/c22-24(23,16-19-9-5-2-6-10-19)17-20-11-13-21(14-12-20)15-18-7-3-1-4-8-18;/h1-10,20H,11-17H2;1H. The summed E-state index contributed by atoms with van der Waals surface area (Å²) in [7, 11) is -3.03. The highest BCUT2D eigenvalue weighted by Crippen LogP contribution is 2.22. The van der Waals surface area contributed by atoms with Crippen LogP contribution < -0.4 is 0 Å². The summed E-state index contributed by atoms with van der Waals surface area (Å²) in [5.74, 6) is 0.782. The number of hydrogen-bond acceptors (Lipinski definition) is 3. The first kappa shape index (κ1) is 20.0. The van der Waals surface area contributed by atoms with Crippen molar-refractivity contribution in [3.8, 4) is 0 Å². The molecule has 0 aromatic heterocycles.